The van der Waals surface area contributed by atoms with Crippen molar-refractivity contribution in [1.82, 2.24) is 10.2 Å². The van der Waals surface area contributed by atoms with Gasteiger partial charge in [-0.15, -0.1) is 0 Å². The number of hydrogen-bond donors (Lipinski definition) is 2. The minimum Gasteiger partial charge on any atom is -0.388 e. The number of nitrogens with one attached hydrogen (secondary N) is 1. The molecule has 1 spiro atoms. The molecule has 0 aromatic heterocycles. The molecule has 0 amide bonds. The molecule has 5 nitrogen and oxygen atoms in total. The number of hydrogen-bond acceptors (Lipinski definition) is 5. The number of aliphatic hydroxyl groups is 1. The predicted molar refractivity (Wildman–Crippen MR) is 74.3 cm³/mol. The molecule has 0 bridgehead atoms. The quantitative estimate of drug-likeness (QED) is 0.750. The lowest BCUT2D eigenvalue weighted by Crippen LogP contribution is -2.52. The Morgan fingerprint density at radius 2 is 2.21 bits per heavy atom. The first-order valence-corrected chi connectivity index (χ1v) is 7.23. The van der Waals surface area contributed by atoms with E-state index >= 15 is 0 Å². The zero-order valence-corrected chi connectivity index (χ0v) is 12.4. The van der Waals surface area contributed by atoms with Gasteiger partial charge in [-0.05, 0) is 33.9 Å². The highest BCUT2D eigenvalue weighted by molar-refractivity contribution is 4.93. The van der Waals surface area contributed by atoms with Gasteiger partial charge in [-0.25, -0.2) is 0 Å². The van der Waals surface area contributed by atoms with Gasteiger partial charge in [0, 0.05) is 38.8 Å². The summed E-state index contributed by atoms with van der Waals surface area (Å²) in [6.07, 6.45) is 3.00. The average molecular weight is 272 g/mol. The molecule has 0 aromatic carbocycles. The number of nitrogens with zero attached hydrogens (tertiary/aromatic N) is 1. The van der Waals surface area contributed by atoms with Gasteiger partial charge >= 0.3 is 0 Å². The van der Waals surface area contributed by atoms with Crippen molar-refractivity contribution >= 4 is 0 Å². The van der Waals surface area contributed by atoms with Gasteiger partial charge in [-0.3, -0.25) is 0 Å². The van der Waals surface area contributed by atoms with Crippen LogP contribution in [-0.4, -0.2) is 74.3 Å². The van der Waals surface area contributed by atoms with Crippen LogP contribution in [0.2, 0.25) is 0 Å². The maximum Gasteiger partial charge on any atom is 0.0951 e. The lowest BCUT2D eigenvalue weighted by molar-refractivity contribution is -0.0915. The van der Waals surface area contributed by atoms with Crippen LogP contribution >= 0.6 is 0 Å². The van der Waals surface area contributed by atoms with Crippen LogP contribution in [0.5, 0.6) is 0 Å². The van der Waals surface area contributed by atoms with E-state index < -0.39 is 5.60 Å². The van der Waals surface area contributed by atoms with E-state index in [-0.39, 0.29) is 5.60 Å². The second-order valence-corrected chi connectivity index (χ2v) is 6.64. The van der Waals surface area contributed by atoms with Crippen LogP contribution in [0.1, 0.15) is 26.2 Å². The molecule has 2 heterocycles. The van der Waals surface area contributed by atoms with Crippen molar-refractivity contribution in [2.75, 3.05) is 47.0 Å². The van der Waals surface area contributed by atoms with E-state index in [4.69, 9.17) is 9.47 Å². The molecule has 5 heteroatoms. The highest BCUT2D eigenvalue weighted by Gasteiger charge is 2.41. The Morgan fingerprint density at radius 3 is 2.84 bits per heavy atom. The van der Waals surface area contributed by atoms with E-state index in [0.717, 1.165) is 39.1 Å². The molecular weight excluding hydrogens is 244 g/mol. The summed E-state index contributed by atoms with van der Waals surface area (Å²) in [5, 5.41) is 13.8. The Labute approximate surface area is 116 Å². The molecule has 2 saturated heterocycles. The zero-order valence-electron chi connectivity index (χ0n) is 12.4. The van der Waals surface area contributed by atoms with Gasteiger partial charge < -0.3 is 24.8 Å². The Bertz CT molecular complexity index is 288. The molecule has 2 aliphatic heterocycles. The molecule has 2 rings (SSSR count). The zero-order chi connectivity index (χ0) is 13.9. The minimum atomic E-state index is -0.693. The van der Waals surface area contributed by atoms with E-state index in [1.807, 2.05) is 25.9 Å². The van der Waals surface area contributed by atoms with Crippen molar-refractivity contribution in [3.05, 3.63) is 0 Å². The Kier molecular flexibility index (Phi) is 4.84. The number of ether oxygens (including phenoxy) is 2. The maximum absolute atomic E-state index is 10.3. The highest BCUT2D eigenvalue weighted by Crippen LogP contribution is 2.32. The lowest BCUT2D eigenvalue weighted by Gasteiger charge is -2.39. The van der Waals surface area contributed by atoms with E-state index in [9.17, 15) is 5.11 Å². The highest BCUT2D eigenvalue weighted by atomic mass is 16.6. The molecule has 0 radical (unpaired) electrons. The molecule has 2 fully saturated rings. The van der Waals surface area contributed by atoms with Gasteiger partial charge in [0.25, 0.3) is 0 Å². The topological polar surface area (TPSA) is 54.0 Å². The Balaban J connectivity index is 1.79. The number of rotatable bonds is 5. The minimum absolute atomic E-state index is 0.0661. The first-order chi connectivity index (χ1) is 8.91. The van der Waals surface area contributed by atoms with Crippen LogP contribution in [-0.2, 0) is 9.47 Å². The van der Waals surface area contributed by atoms with Crippen molar-refractivity contribution in [2.45, 2.75) is 43.4 Å². The molecule has 112 valence electrons. The van der Waals surface area contributed by atoms with E-state index in [0.29, 0.717) is 19.1 Å². The monoisotopic (exact) mass is 272 g/mol. The molecule has 0 aromatic rings. The summed E-state index contributed by atoms with van der Waals surface area (Å²) in [7, 11) is 3.96. The average Bonchev–Trinajstić information content (AvgIpc) is 2.73. The summed E-state index contributed by atoms with van der Waals surface area (Å²) in [6, 6.07) is 0.420. The van der Waals surface area contributed by atoms with Crippen molar-refractivity contribution in [3.8, 4) is 0 Å². The van der Waals surface area contributed by atoms with E-state index in [1.54, 1.807) is 0 Å². The Morgan fingerprint density at radius 1 is 1.42 bits per heavy atom. The van der Waals surface area contributed by atoms with Crippen LogP contribution in [0, 0.1) is 0 Å². The second-order valence-electron chi connectivity index (χ2n) is 6.64. The molecular formula is C14H28N2O3. The summed E-state index contributed by atoms with van der Waals surface area (Å²) in [6.45, 7) is 5.49. The fraction of sp³-hybridized carbons (Fsp3) is 1.00. The van der Waals surface area contributed by atoms with Crippen molar-refractivity contribution < 1.29 is 14.6 Å². The van der Waals surface area contributed by atoms with Crippen LogP contribution < -0.4 is 5.32 Å². The molecule has 0 aliphatic carbocycles. The third kappa shape index (κ3) is 4.39. The fourth-order valence-corrected chi connectivity index (χ4v) is 3.17. The second kappa shape index (κ2) is 6.06. The van der Waals surface area contributed by atoms with Crippen LogP contribution in [0.25, 0.3) is 0 Å². The van der Waals surface area contributed by atoms with Gasteiger partial charge in [0.2, 0.25) is 0 Å². The molecule has 3 atom stereocenters. The van der Waals surface area contributed by atoms with Crippen molar-refractivity contribution in [3.63, 3.8) is 0 Å². The standard InChI is InChI=1S/C14H28N2O3/c1-13(17,10-16(2)3)9-15-12-4-6-19-14(8-12)5-7-18-11-14/h12,15,17H,4-11H2,1-3H3. The summed E-state index contributed by atoms with van der Waals surface area (Å²) >= 11 is 0. The van der Waals surface area contributed by atoms with E-state index in [1.165, 1.54) is 0 Å². The van der Waals surface area contributed by atoms with Gasteiger partial charge in [0.05, 0.1) is 17.8 Å². The first-order valence-electron chi connectivity index (χ1n) is 7.23. The van der Waals surface area contributed by atoms with Gasteiger partial charge in [-0.1, -0.05) is 0 Å². The number of likely N-dealkylation sites (N-methyl/N-ethyl adjacent to an activating group) is 1. The molecule has 0 saturated carbocycles. The first kappa shape index (κ1) is 15.2. The van der Waals surface area contributed by atoms with Gasteiger partial charge in [0.15, 0.2) is 0 Å². The third-order valence-electron chi connectivity index (χ3n) is 3.99. The summed E-state index contributed by atoms with van der Waals surface area (Å²) < 4.78 is 11.4. The van der Waals surface area contributed by atoms with Crippen molar-refractivity contribution in [1.29, 1.82) is 0 Å². The largest absolute Gasteiger partial charge is 0.388 e. The van der Waals surface area contributed by atoms with Crippen LogP contribution in [0.4, 0.5) is 0 Å². The summed E-state index contributed by atoms with van der Waals surface area (Å²) in [5.74, 6) is 0. The normalized spacial score (nSPS) is 34.9. The maximum atomic E-state index is 10.3. The molecule has 19 heavy (non-hydrogen) atoms. The van der Waals surface area contributed by atoms with Gasteiger partial charge in [-0.2, -0.15) is 0 Å². The SMILES string of the molecule is CN(C)CC(C)(O)CNC1CCOC2(CCOC2)C1. The van der Waals surface area contributed by atoms with Crippen molar-refractivity contribution in [2.24, 2.45) is 0 Å². The smallest absolute Gasteiger partial charge is 0.0951 e. The summed E-state index contributed by atoms with van der Waals surface area (Å²) in [5.41, 5.74) is -0.759. The fourth-order valence-electron chi connectivity index (χ4n) is 3.17. The van der Waals surface area contributed by atoms with Gasteiger partial charge in [0.1, 0.15) is 0 Å². The third-order valence-corrected chi connectivity index (χ3v) is 3.99. The lowest BCUT2D eigenvalue weighted by atomic mass is 9.89. The Hall–Kier alpha value is -0.200. The molecule has 2 N–H and O–H groups in total. The van der Waals surface area contributed by atoms with Crippen LogP contribution in [0.15, 0.2) is 0 Å². The van der Waals surface area contributed by atoms with E-state index in [2.05, 4.69) is 5.32 Å². The summed E-state index contributed by atoms with van der Waals surface area (Å²) in [4.78, 5) is 2.01. The van der Waals surface area contributed by atoms with Crippen LogP contribution in [0.3, 0.4) is 0 Å². The molecule has 2 aliphatic rings. The molecule has 3 unspecified atom stereocenters. The predicted octanol–water partition coefficient (Wildman–Crippen LogP) is 0.227.